The molecule has 0 saturated heterocycles. The van der Waals surface area contributed by atoms with E-state index in [1.165, 1.54) is 6.07 Å². The first-order valence-corrected chi connectivity index (χ1v) is 5.95. The van der Waals surface area contributed by atoms with Gasteiger partial charge in [0, 0.05) is 19.1 Å². The SMILES string of the molecule is CCNC(C)c1ccc(OCCCO)c(F)c1. The first-order valence-electron chi connectivity index (χ1n) is 5.95. The molecule has 1 atom stereocenters. The van der Waals surface area contributed by atoms with E-state index in [0.29, 0.717) is 13.0 Å². The fourth-order valence-corrected chi connectivity index (χ4v) is 1.57. The quantitative estimate of drug-likeness (QED) is 0.719. The van der Waals surface area contributed by atoms with E-state index in [1.807, 2.05) is 19.9 Å². The van der Waals surface area contributed by atoms with Crippen molar-refractivity contribution in [1.29, 1.82) is 0 Å². The normalized spacial score (nSPS) is 12.5. The van der Waals surface area contributed by atoms with Gasteiger partial charge in [-0.05, 0) is 31.2 Å². The molecule has 96 valence electrons. The Morgan fingerprint density at radius 2 is 2.24 bits per heavy atom. The monoisotopic (exact) mass is 241 g/mol. The number of rotatable bonds is 7. The molecule has 1 aromatic rings. The first-order chi connectivity index (χ1) is 8.19. The lowest BCUT2D eigenvalue weighted by atomic mass is 10.1. The van der Waals surface area contributed by atoms with E-state index in [2.05, 4.69) is 5.32 Å². The van der Waals surface area contributed by atoms with Gasteiger partial charge in [0.15, 0.2) is 11.6 Å². The van der Waals surface area contributed by atoms with Crippen LogP contribution in [0, 0.1) is 5.82 Å². The summed E-state index contributed by atoms with van der Waals surface area (Å²) in [5.41, 5.74) is 0.902. The number of hydrogen-bond acceptors (Lipinski definition) is 3. The molecule has 0 amide bonds. The molecule has 0 heterocycles. The molecule has 17 heavy (non-hydrogen) atoms. The molecule has 1 rings (SSSR count). The Morgan fingerprint density at radius 3 is 2.82 bits per heavy atom. The van der Waals surface area contributed by atoms with E-state index in [4.69, 9.17) is 9.84 Å². The second-order valence-corrected chi connectivity index (χ2v) is 3.89. The molecule has 0 saturated carbocycles. The minimum Gasteiger partial charge on any atom is -0.490 e. The van der Waals surface area contributed by atoms with Gasteiger partial charge in [0.2, 0.25) is 0 Å². The number of aliphatic hydroxyl groups is 1. The fraction of sp³-hybridized carbons (Fsp3) is 0.538. The van der Waals surface area contributed by atoms with E-state index in [0.717, 1.165) is 12.1 Å². The molecule has 4 heteroatoms. The second-order valence-electron chi connectivity index (χ2n) is 3.89. The van der Waals surface area contributed by atoms with Crippen molar-refractivity contribution in [3.63, 3.8) is 0 Å². The molecule has 0 aliphatic carbocycles. The number of benzene rings is 1. The Morgan fingerprint density at radius 1 is 1.47 bits per heavy atom. The van der Waals surface area contributed by atoms with Crippen molar-refractivity contribution >= 4 is 0 Å². The number of hydrogen-bond donors (Lipinski definition) is 2. The number of aliphatic hydroxyl groups excluding tert-OH is 1. The Hall–Kier alpha value is -1.13. The predicted octanol–water partition coefficient (Wildman–Crippen LogP) is 2.26. The van der Waals surface area contributed by atoms with Crippen LogP contribution >= 0.6 is 0 Å². The third kappa shape index (κ3) is 4.32. The minimum atomic E-state index is -0.356. The highest BCUT2D eigenvalue weighted by Gasteiger charge is 2.08. The van der Waals surface area contributed by atoms with Crippen LogP contribution in [0.3, 0.4) is 0 Å². The van der Waals surface area contributed by atoms with E-state index in [-0.39, 0.29) is 24.2 Å². The molecule has 1 aromatic carbocycles. The summed E-state index contributed by atoms with van der Waals surface area (Å²) in [5.74, 6) is -0.115. The highest BCUT2D eigenvalue weighted by molar-refractivity contribution is 5.30. The highest BCUT2D eigenvalue weighted by atomic mass is 19.1. The third-order valence-electron chi connectivity index (χ3n) is 2.53. The van der Waals surface area contributed by atoms with Gasteiger partial charge in [0.05, 0.1) is 6.61 Å². The standard InChI is InChI=1S/C13H20FNO2/c1-3-15-10(2)11-5-6-13(12(14)9-11)17-8-4-7-16/h5-6,9-10,15-16H,3-4,7-8H2,1-2H3. The molecular formula is C13H20FNO2. The van der Waals surface area contributed by atoms with Crippen LogP contribution in [0.15, 0.2) is 18.2 Å². The molecule has 2 N–H and O–H groups in total. The minimum absolute atomic E-state index is 0.0527. The molecule has 0 aromatic heterocycles. The van der Waals surface area contributed by atoms with Gasteiger partial charge in [-0.1, -0.05) is 13.0 Å². The molecule has 3 nitrogen and oxygen atoms in total. The van der Waals surface area contributed by atoms with Gasteiger partial charge < -0.3 is 15.2 Å². The summed E-state index contributed by atoms with van der Waals surface area (Å²) in [6.07, 6.45) is 0.509. The van der Waals surface area contributed by atoms with Gasteiger partial charge in [-0.15, -0.1) is 0 Å². The lowest BCUT2D eigenvalue weighted by Crippen LogP contribution is -2.17. The van der Waals surface area contributed by atoms with Gasteiger partial charge in [-0.2, -0.15) is 0 Å². The summed E-state index contributed by atoms with van der Waals surface area (Å²) in [6.45, 7) is 5.23. The van der Waals surface area contributed by atoms with Crippen molar-refractivity contribution in [2.75, 3.05) is 19.8 Å². The van der Waals surface area contributed by atoms with Gasteiger partial charge in [-0.3, -0.25) is 0 Å². The zero-order valence-corrected chi connectivity index (χ0v) is 10.4. The summed E-state index contributed by atoms with van der Waals surface area (Å²) in [6, 6.07) is 5.10. The molecule has 0 aliphatic heterocycles. The van der Waals surface area contributed by atoms with Crippen LogP contribution in [0.1, 0.15) is 31.9 Å². The van der Waals surface area contributed by atoms with Gasteiger partial charge in [0.25, 0.3) is 0 Å². The Kier molecular flexibility index (Phi) is 5.94. The lowest BCUT2D eigenvalue weighted by molar-refractivity contribution is 0.228. The average Bonchev–Trinajstić information content (AvgIpc) is 2.31. The number of nitrogens with one attached hydrogen (secondary N) is 1. The zero-order chi connectivity index (χ0) is 12.7. The van der Waals surface area contributed by atoms with E-state index in [1.54, 1.807) is 6.07 Å². The molecule has 0 spiro atoms. The van der Waals surface area contributed by atoms with Crippen molar-refractivity contribution in [3.8, 4) is 5.75 Å². The van der Waals surface area contributed by atoms with E-state index >= 15 is 0 Å². The first kappa shape index (κ1) is 13.9. The van der Waals surface area contributed by atoms with E-state index in [9.17, 15) is 4.39 Å². The number of halogens is 1. The van der Waals surface area contributed by atoms with Gasteiger partial charge in [-0.25, -0.2) is 4.39 Å². The second kappa shape index (κ2) is 7.25. The molecular weight excluding hydrogens is 221 g/mol. The van der Waals surface area contributed by atoms with Crippen molar-refractivity contribution in [2.45, 2.75) is 26.3 Å². The Balaban J connectivity index is 2.65. The van der Waals surface area contributed by atoms with Crippen LogP contribution in [0.5, 0.6) is 5.75 Å². The summed E-state index contributed by atoms with van der Waals surface area (Å²) in [5, 5.41) is 11.8. The molecule has 0 aliphatic rings. The topological polar surface area (TPSA) is 41.5 Å². The van der Waals surface area contributed by atoms with Crippen molar-refractivity contribution in [2.24, 2.45) is 0 Å². The molecule has 0 fully saturated rings. The van der Waals surface area contributed by atoms with E-state index < -0.39 is 0 Å². The van der Waals surface area contributed by atoms with Crippen molar-refractivity contribution in [1.82, 2.24) is 5.32 Å². The molecule has 0 radical (unpaired) electrons. The molecule has 0 bridgehead atoms. The van der Waals surface area contributed by atoms with Crippen LogP contribution < -0.4 is 10.1 Å². The maximum absolute atomic E-state index is 13.7. The summed E-state index contributed by atoms with van der Waals surface area (Å²) < 4.78 is 18.9. The average molecular weight is 241 g/mol. The predicted molar refractivity (Wildman–Crippen MR) is 65.7 cm³/mol. The maximum atomic E-state index is 13.7. The van der Waals surface area contributed by atoms with Crippen molar-refractivity contribution in [3.05, 3.63) is 29.6 Å². The van der Waals surface area contributed by atoms with Crippen LogP contribution in [-0.2, 0) is 0 Å². The third-order valence-corrected chi connectivity index (χ3v) is 2.53. The summed E-state index contributed by atoms with van der Waals surface area (Å²) >= 11 is 0. The summed E-state index contributed by atoms with van der Waals surface area (Å²) in [4.78, 5) is 0. The van der Waals surface area contributed by atoms with Gasteiger partial charge in [0.1, 0.15) is 0 Å². The van der Waals surface area contributed by atoms with Crippen LogP contribution in [0.25, 0.3) is 0 Å². The Labute approximate surface area is 102 Å². The zero-order valence-electron chi connectivity index (χ0n) is 10.4. The van der Waals surface area contributed by atoms with Crippen molar-refractivity contribution < 1.29 is 14.2 Å². The van der Waals surface area contributed by atoms with Crippen LogP contribution in [0.4, 0.5) is 4.39 Å². The lowest BCUT2D eigenvalue weighted by Gasteiger charge is -2.14. The highest BCUT2D eigenvalue weighted by Crippen LogP contribution is 2.22. The maximum Gasteiger partial charge on any atom is 0.165 e. The van der Waals surface area contributed by atoms with Gasteiger partial charge >= 0.3 is 0 Å². The summed E-state index contributed by atoms with van der Waals surface area (Å²) in [7, 11) is 0. The smallest absolute Gasteiger partial charge is 0.165 e. The Bertz CT molecular complexity index is 344. The van der Waals surface area contributed by atoms with Crippen LogP contribution in [0.2, 0.25) is 0 Å². The largest absolute Gasteiger partial charge is 0.490 e. The molecule has 1 unspecified atom stereocenters. The number of ether oxygens (including phenoxy) is 1. The van der Waals surface area contributed by atoms with Crippen LogP contribution in [-0.4, -0.2) is 24.9 Å². The fourth-order valence-electron chi connectivity index (χ4n) is 1.57.